The Morgan fingerprint density at radius 3 is 2.54 bits per heavy atom. The molecular weight excluding hydrogens is 328 g/mol. The first-order chi connectivity index (χ1) is 12.5. The smallest absolute Gasteiger partial charge is 0.184 e. The first-order valence-electron chi connectivity index (χ1n) is 9.39. The lowest BCUT2D eigenvalue weighted by atomic mass is 9.85. The maximum absolute atomic E-state index is 12.3. The molecule has 0 amide bonds. The molecule has 0 aromatic heterocycles. The van der Waals surface area contributed by atoms with E-state index in [4.69, 9.17) is 9.47 Å². The zero-order valence-corrected chi connectivity index (χ0v) is 16.0. The molecule has 1 aromatic carbocycles. The predicted octanol–water partition coefficient (Wildman–Crippen LogP) is 4.05. The van der Waals surface area contributed by atoms with Gasteiger partial charge in [-0.05, 0) is 30.4 Å². The van der Waals surface area contributed by atoms with Crippen LogP contribution in [0.5, 0.6) is 0 Å². The normalized spacial score (nSPS) is 18.7. The summed E-state index contributed by atoms with van der Waals surface area (Å²) in [5.41, 5.74) is 1.84. The van der Waals surface area contributed by atoms with Crippen molar-refractivity contribution in [1.82, 2.24) is 0 Å². The number of carbonyl (C=O) groups excluding carboxylic acids is 1. The second kappa shape index (κ2) is 10.3. The minimum absolute atomic E-state index is 0.0113. The summed E-state index contributed by atoms with van der Waals surface area (Å²) < 4.78 is 11.1. The zero-order chi connectivity index (χ0) is 18.9. The fourth-order valence-corrected chi connectivity index (χ4v) is 3.12. The molecule has 4 nitrogen and oxygen atoms in total. The van der Waals surface area contributed by atoms with Crippen LogP contribution >= 0.6 is 0 Å². The van der Waals surface area contributed by atoms with Gasteiger partial charge in [0.05, 0.1) is 25.9 Å². The summed E-state index contributed by atoms with van der Waals surface area (Å²) in [7, 11) is 0. The minimum Gasteiger partial charge on any atom is -0.498 e. The Kier molecular flexibility index (Phi) is 8.07. The Bertz CT molecular complexity index is 631. The number of ketones is 1. The number of hydrogen-bond acceptors (Lipinski definition) is 4. The molecule has 2 rings (SSSR count). The third kappa shape index (κ3) is 6.11. The van der Waals surface area contributed by atoms with Crippen LogP contribution in [-0.2, 0) is 20.9 Å². The van der Waals surface area contributed by atoms with Crippen molar-refractivity contribution >= 4 is 5.78 Å². The molecule has 0 fully saturated rings. The summed E-state index contributed by atoms with van der Waals surface area (Å²) in [5.74, 6) is 0.833. The molecule has 2 unspecified atom stereocenters. The van der Waals surface area contributed by atoms with E-state index in [-0.39, 0.29) is 24.2 Å². The van der Waals surface area contributed by atoms with Gasteiger partial charge in [-0.2, -0.15) is 0 Å². The molecule has 26 heavy (non-hydrogen) atoms. The van der Waals surface area contributed by atoms with Gasteiger partial charge in [-0.15, -0.1) is 0 Å². The van der Waals surface area contributed by atoms with Crippen molar-refractivity contribution in [2.24, 2.45) is 11.8 Å². The van der Waals surface area contributed by atoms with Gasteiger partial charge in [0, 0.05) is 18.4 Å². The predicted molar refractivity (Wildman–Crippen MR) is 102 cm³/mol. The number of rotatable bonds is 9. The summed E-state index contributed by atoms with van der Waals surface area (Å²) in [6, 6.07) is 9.89. The van der Waals surface area contributed by atoms with Gasteiger partial charge in [-0.1, -0.05) is 50.3 Å². The standard InChI is InChI=1S/C22H30O4/c1-4-26-19-11-10-18(21(23)13-19)12-20(16(2)3)22(24)15-25-14-17-8-6-5-7-9-17/h5-9,12-13,16,20,22,24H,4,10-11,14-15H2,1-3H3/b18-12+. The number of hydrogen-bond donors (Lipinski definition) is 1. The van der Waals surface area contributed by atoms with Gasteiger partial charge in [-0.25, -0.2) is 0 Å². The molecule has 0 heterocycles. The van der Waals surface area contributed by atoms with Gasteiger partial charge in [0.15, 0.2) is 5.78 Å². The number of allylic oxidation sites excluding steroid dienone is 3. The lowest BCUT2D eigenvalue weighted by Gasteiger charge is -2.25. The van der Waals surface area contributed by atoms with Crippen molar-refractivity contribution < 1.29 is 19.4 Å². The summed E-state index contributed by atoms with van der Waals surface area (Å²) >= 11 is 0. The van der Waals surface area contributed by atoms with Gasteiger partial charge in [-0.3, -0.25) is 4.79 Å². The number of benzene rings is 1. The van der Waals surface area contributed by atoms with Gasteiger partial charge in [0.1, 0.15) is 5.76 Å². The quantitative estimate of drug-likeness (QED) is 0.677. The van der Waals surface area contributed by atoms with E-state index in [2.05, 4.69) is 13.8 Å². The van der Waals surface area contributed by atoms with Crippen LogP contribution in [0.4, 0.5) is 0 Å². The van der Waals surface area contributed by atoms with Crippen LogP contribution in [0.25, 0.3) is 0 Å². The highest BCUT2D eigenvalue weighted by atomic mass is 16.5. The SMILES string of the molecule is CCOC1=CC(=O)/C(=C/C(C(C)C)C(O)COCc2ccccc2)CC1. The van der Waals surface area contributed by atoms with Crippen LogP contribution in [-0.4, -0.2) is 30.2 Å². The van der Waals surface area contributed by atoms with Crippen molar-refractivity contribution in [1.29, 1.82) is 0 Å². The van der Waals surface area contributed by atoms with Gasteiger partial charge in [0.2, 0.25) is 0 Å². The van der Waals surface area contributed by atoms with Crippen LogP contribution in [0, 0.1) is 11.8 Å². The second-order valence-electron chi connectivity index (χ2n) is 6.99. The van der Waals surface area contributed by atoms with E-state index in [1.165, 1.54) is 0 Å². The van der Waals surface area contributed by atoms with E-state index >= 15 is 0 Å². The monoisotopic (exact) mass is 358 g/mol. The number of aliphatic hydroxyl groups excluding tert-OH is 1. The highest BCUT2D eigenvalue weighted by Crippen LogP contribution is 2.26. The van der Waals surface area contributed by atoms with E-state index in [1.54, 1.807) is 6.08 Å². The lowest BCUT2D eigenvalue weighted by Crippen LogP contribution is -2.29. The third-order valence-corrected chi connectivity index (χ3v) is 4.59. The molecule has 1 aromatic rings. The van der Waals surface area contributed by atoms with E-state index in [0.29, 0.717) is 19.6 Å². The molecule has 0 saturated carbocycles. The molecule has 0 spiro atoms. The number of ether oxygens (including phenoxy) is 2. The average Bonchev–Trinajstić information content (AvgIpc) is 2.62. The topological polar surface area (TPSA) is 55.8 Å². The molecule has 142 valence electrons. The summed E-state index contributed by atoms with van der Waals surface area (Å²) in [6.07, 6.45) is 4.26. The molecule has 1 N–H and O–H groups in total. The van der Waals surface area contributed by atoms with Crippen LogP contribution in [0.15, 0.2) is 53.8 Å². The maximum Gasteiger partial charge on any atom is 0.184 e. The zero-order valence-electron chi connectivity index (χ0n) is 16.0. The fourth-order valence-electron chi connectivity index (χ4n) is 3.12. The highest BCUT2D eigenvalue weighted by Gasteiger charge is 2.24. The average molecular weight is 358 g/mol. The van der Waals surface area contributed by atoms with E-state index in [9.17, 15) is 9.90 Å². The van der Waals surface area contributed by atoms with Crippen LogP contribution in [0.2, 0.25) is 0 Å². The molecule has 1 aliphatic rings. The largest absolute Gasteiger partial charge is 0.498 e. The molecule has 0 aliphatic heterocycles. The molecule has 1 aliphatic carbocycles. The maximum atomic E-state index is 12.3. The minimum atomic E-state index is -0.642. The summed E-state index contributed by atoms with van der Waals surface area (Å²) in [6.45, 7) is 7.31. The second-order valence-corrected chi connectivity index (χ2v) is 6.99. The molecule has 0 bridgehead atoms. The fraction of sp³-hybridized carbons (Fsp3) is 0.500. The number of carbonyl (C=O) groups is 1. The van der Waals surface area contributed by atoms with Crippen LogP contribution < -0.4 is 0 Å². The molecule has 4 heteroatoms. The van der Waals surface area contributed by atoms with Gasteiger partial charge >= 0.3 is 0 Å². The van der Waals surface area contributed by atoms with E-state index < -0.39 is 6.10 Å². The number of aliphatic hydroxyl groups is 1. The first-order valence-corrected chi connectivity index (χ1v) is 9.39. The van der Waals surface area contributed by atoms with Crippen molar-refractivity contribution in [3.63, 3.8) is 0 Å². The highest BCUT2D eigenvalue weighted by molar-refractivity contribution is 6.05. The van der Waals surface area contributed by atoms with Crippen molar-refractivity contribution in [2.75, 3.05) is 13.2 Å². The molecule has 0 radical (unpaired) electrons. The van der Waals surface area contributed by atoms with E-state index in [1.807, 2.05) is 43.3 Å². The Morgan fingerprint density at radius 2 is 1.92 bits per heavy atom. The van der Waals surface area contributed by atoms with E-state index in [0.717, 1.165) is 23.3 Å². The van der Waals surface area contributed by atoms with Gasteiger partial charge in [0.25, 0.3) is 0 Å². The third-order valence-electron chi connectivity index (χ3n) is 4.59. The van der Waals surface area contributed by atoms with Crippen molar-refractivity contribution in [2.45, 2.75) is 46.3 Å². The van der Waals surface area contributed by atoms with Gasteiger partial charge < -0.3 is 14.6 Å². The van der Waals surface area contributed by atoms with Crippen molar-refractivity contribution in [3.8, 4) is 0 Å². The van der Waals surface area contributed by atoms with Crippen LogP contribution in [0.3, 0.4) is 0 Å². The first kappa shape index (κ1) is 20.4. The summed E-state index contributed by atoms with van der Waals surface area (Å²) in [4.78, 5) is 12.3. The Labute approximate surface area is 156 Å². The van der Waals surface area contributed by atoms with Crippen molar-refractivity contribution in [3.05, 3.63) is 59.4 Å². The lowest BCUT2D eigenvalue weighted by molar-refractivity contribution is -0.112. The Hall–Kier alpha value is -1.91. The molecule has 0 saturated heterocycles. The summed E-state index contributed by atoms with van der Waals surface area (Å²) in [5, 5.41) is 10.6. The Balaban J connectivity index is 1.96. The molecule has 2 atom stereocenters. The Morgan fingerprint density at radius 1 is 1.19 bits per heavy atom. The molecular formula is C22H30O4. The van der Waals surface area contributed by atoms with Crippen LogP contribution in [0.1, 0.15) is 39.2 Å².